The zero-order valence-electron chi connectivity index (χ0n) is 13.8. The lowest BCUT2D eigenvalue weighted by atomic mass is 9.91. The second-order valence-corrected chi connectivity index (χ2v) is 5.84. The van der Waals surface area contributed by atoms with Crippen LogP contribution in [0.4, 0.5) is 5.69 Å². The number of benzene rings is 3. The number of nitrogens with one attached hydrogen (secondary N) is 1. The molecule has 0 spiro atoms. The first-order chi connectivity index (χ1) is 11.3. The number of hydrogen-bond acceptors (Lipinski definition) is 1. The van der Waals surface area contributed by atoms with Crippen LogP contribution in [0.5, 0.6) is 0 Å². The van der Waals surface area contributed by atoms with Crippen LogP contribution in [-0.2, 0) is 0 Å². The Balaban J connectivity index is 2.24. The van der Waals surface area contributed by atoms with E-state index in [1.165, 1.54) is 33.5 Å². The molecule has 1 nitrogen and oxygen atoms in total. The van der Waals surface area contributed by atoms with E-state index in [-0.39, 0.29) is 0 Å². The van der Waals surface area contributed by atoms with Gasteiger partial charge in [0.2, 0.25) is 0 Å². The van der Waals surface area contributed by atoms with Crippen molar-refractivity contribution in [3.63, 3.8) is 0 Å². The standard InChI is InChI=1S/C22H23N/c1-3-16-23-22-17(2)14-15-20(18-10-6-4-7-11-18)21(22)19-12-8-5-9-13-19/h4-15,23H,3,16H2,1-2H3. The monoisotopic (exact) mass is 301 g/mol. The van der Waals surface area contributed by atoms with Crippen molar-refractivity contribution in [2.45, 2.75) is 20.3 Å². The zero-order valence-corrected chi connectivity index (χ0v) is 13.8. The highest BCUT2D eigenvalue weighted by molar-refractivity contribution is 5.93. The molecule has 0 aliphatic rings. The van der Waals surface area contributed by atoms with Gasteiger partial charge >= 0.3 is 0 Å². The quantitative estimate of drug-likeness (QED) is 0.596. The minimum Gasteiger partial charge on any atom is -0.384 e. The summed E-state index contributed by atoms with van der Waals surface area (Å²) in [4.78, 5) is 0. The molecule has 0 fully saturated rings. The van der Waals surface area contributed by atoms with E-state index in [1.807, 2.05) is 0 Å². The maximum Gasteiger partial charge on any atom is 0.0455 e. The van der Waals surface area contributed by atoms with Crippen molar-refractivity contribution in [1.82, 2.24) is 0 Å². The van der Waals surface area contributed by atoms with Crippen LogP contribution in [0.1, 0.15) is 18.9 Å². The summed E-state index contributed by atoms with van der Waals surface area (Å²) < 4.78 is 0. The van der Waals surface area contributed by atoms with Crippen LogP contribution in [-0.4, -0.2) is 6.54 Å². The Morgan fingerprint density at radius 3 is 1.96 bits per heavy atom. The molecule has 0 aliphatic carbocycles. The van der Waals surface area contributed by atoms with Crippen molar-refractivity contribution in [3.8, 4) is 22.3 Å². The highest BCUT2D eigenvalue weighted by atomic mass is 14.9. The molecule has 0 aliphatic heterocycles. The molecule has 3 rings (SSSR count). The Hall–Kier alpha value is -2.54. The molecular formula is C22H23N. The number of hydrogen-bond donors (Lipinski definition) is 1. The summed E-state index contributed by atoms with van der Waals surface area (Å²) in [6, 6.07) is 25.8. The summed E-state index contributed by atoms with van der Waals surface area (Å²) in [5.74, 6) is 0. The molecular weight excluding hydrogens is 278 g/mol. The molecule has 0 saturated carbocycles. The van der Waals surface area contributed by atoms with E-state index in [2.05, 4.69) is 92.0 Å². The van der Waals surface area contributed by atoms with Gasteiger partial charge in [-0.3, -0.25) is 0 Å². The number of aryl methyl sites for hydroxylation is 1. The van der Waals surface area contributed by atoms with Gasteiger partial charge in [0, 0.05) is 17.8 Å². The third kappa shape index (κ3) is 3.29. The van der Waals surface area contributed by atoms with Gasteiger partial charge in [0.25, 0.3) is 0 Å². The van der Waals surface area contributed by atoms with Gasteiger partial charge < -0.3 is 5.32 Å². The summed E-state index contributed by atoms with van der Waals surface area (Å²) in [6.07, 6.45) is 1.11. The largest absolute Gasteiger partial charge is 0.384 e. The van der Waals surface area contributed by atoms with E-state index in [0.29, 0.717) is 0 Å². The molecule has 1 heteroatoms. The SMILES string of the molecule is CCCNc1c(C)ccc(-c2ccccc2)c1-c1ccccc1. The molecule has 0 amide bonds. The van der Waals surface area contributed by atoms with Crippen LogP contribution in [0.25, 0.3) is 22.3 Å². The molecule has 0 radical (unpaired) electrons. The Morgan fingerprint density at radius 2 is 1.35 bits per heavy atom. The van der Waals surface area contributed by atoms with Crippen molar-refractivity contribution >= 4 is 5.69 Å². The summed E-state index contributed by atoms with van der Waals surface area (Å²) >= 11 is 0. The number of anilines is 1. The van der Waals surface area contributed by atoms with Crippen LogP contribution in [0.3, 0.4) is 0 Å². The van der Waals surface area contributed by atoms with Crippen molar-refractivity contribution in [1.29, 1.82) is 0 Å². The summed E-state index contributed by atoms with van der Waals surface area (Å²) in [5.41, 5.74) is 7.63. The molecule has 0 unspecified atom stereocenters. The highest BCUT2D eigenvalue weighted by Crippen LogP contribution is 2.39. The minimum atomic E-state index is 0.985. The third-order valence-electron chi connectivity index (χ3n) is 4.11. The Bertz CT molecular complexity index is 761. The lowest BCUT2D eigenvalue weighted by molar-refractivity contribution is 0.978. The summed E-state index contributed by atoms with van der Waals surface area (Å²) in [6.45, 7) is 5.36. The topological polar surface area (TPSA) is 12.0 Å². The predicted octanol–water partition coefficient (Wildman–Crippen LogP) is 6.15. The van der Waals surface area contributed by atoms with Crippen LogP contribution >= 0.6 is 0 Å². The smallest absolute Gasteiger partial charge is 0.0455 e. The fraction of sp³-hybridized carbons (Fsp3) is 0.182. The Morgan fingerprint density at radius 1 is 0.739 bits per heavy atom. The van der Waals surface area contributed by atoms with Gasteiger partial charge in [-0.25, -0.2) is 0 Å². The maximum absolute atomic E-state index is 3.64. The Labute approximate surface area is 139 Å². The number of rotatable bonds is 5. The van der Waals surface area contributed by atoms with E-state index in [0.717, 1.165) is 13.0 Å². The first-order valence-corrected chi connectivity index (χ1v) is 8.29. The molecule has 0 atom stereocenters. The van der Waals surface area contributed by atoms with Gasteiger partial charge in [0.05, 0.1) is 0 Å². The lowest BCUT2D eigenvalue weighted by Gasteiger charge is -2.19. The van der Waals surface area contributed by atoms with E-state index in [9.17, 15) is 0 Å². The average molecular weight is 301 g/mol. The molecule has 0 heterocycles. The second kappa shape index (κ2) is 7.15. The lowest BCUT2D eigenvalue weighted by Crippen LogP contribution is -2.04. The van der Waals surface area contributed by atoms with Crippen LogP contribution in [0, 0.1) is 6.92 Å². The third-order valence-corrected chi connectivity index (χ3v) is 4.11. The molecule has 3 aromatic carbocycles. The second-order valence-electron chi connectivity index (χ2n) is 5.84. The van der Waals surface area contributed by atoms with E-state index in [1.54, 1.807) is 0 Å². The average Bonchev–Trinajstić information content (AvgIpc) is 2.62. The van der Waals surface area contributed by atoms with E-state index in [4.69, 9.17) is 0 Å². The zero-order chi connectivity index (χ0) is 16.1. The Kier molecular flexibility index (Phi) is 4.77. The van der Waals surface area contributed by atoms with Crippen molar-refractivity contribution in [2.75, 3.05) is 11.9 Å². The van der Waals surface area contributed by atoms with Gasteiger partial charge in [-0.05, 0) is 35.6 Å². The minimum absolute atomic E-state index is 0.985. The van der Waals surface area contributed by atoms with Crippen molar-refractivity contribution < 1.29 is 0 Å². The van der Waals surface area contributed by atoms with Crippen LogP contribution in [0.2, 0.25) is 0 Å². The maximum atomic E-state index is 3.64. The normalized spacial score (nSPS) is 10.5. The first-order valence-electron chi connectivity index (χ1n) is 8.29. The van der Waals surface area contributed by atoms with E-state index >= 15 is 0 Å². The fourth-order valence-corrected chi connectivity index (χ4v) is 2.95. The molecule has 3 aromatic rings. The van der Waals surface area contributed by atoms with Gasteiger partial charge in [-0.2, -0.15) is 0 Å². The summed E-state index contributed by atoms with van der Waals surface area (Å²) in [5, 5.41) is 3.64. The highest BCUT2D eigenvalue weighted by Gasteiger charge is 2.14. The van der Waals surface area contributed by atoms with Crippen molar-refractivity contribution in [3.05, 3.63) is 78.4 Å². The van der Waals surface area contributed by atoms with E-state index < -0.39 is 0 Å². The molecule has 0 saturated heterocycles. The summed E-state index contributed by atoms with van der Waals surface area (Å²) in [7, 11) is 0. The molecule has 23 heavy (non-hydrogen) atoms. The van der Waals surface area contributed by atoms with Crippen LogP contribution in [0.15, 0.2) is 72.8 Å². The van der Waals surface area contributed by atoms with Crippen molar-refractivity contribution in [2.24, 2.45) is 0 Å². The van der Waals surface area contributed by atoms with Gasteiger partial charge in [0.1, 0.15) is 0 Å². The first kappa shape index (κ1) is 15.4. The van der Waals surface area contributed by atoms with Gasteiger partial charge in [-0.15, -0.1) is 0 Å². The molecule has 0 aromatic heterocycles. The van der Waals surface area contributed by atoms with Crippen LogP contribution < -0.4 is 5.32 Å². The van der Waals surface area contributed by atoms with Gasteiger partial charge in [-0.1, -0.05) is 79.7 Å². The fourth-order valence-electron chi connectivity index (χ4n) is 2.95. The predicted molar refractivity (Wildman–Crippen MR) is 101 cm³/mol. The molecule has 116 valence electrons. The van der Waals surface area contributed by atoms with Gasteiger partial charge in [0.15, 0.2) is 0 Å². The molecule has 0 bridgehead atoms. The molecule has 1 N–H and O–H groups in total.